The fourth-order valence-electron chi connectivity index (χ4n) is 2.96. The Kier molecular flexibility index (Phi) is 5.34. The molecule has 2 aromatic carbocycles. The lowest BCUT2D eigenvalue weighted by atomic mass is 10.1. The quantitative estimate of drug-likeness (QED) is 0.491. The van der Waals surface area contributed by atoms with Gasteiger partial charge in [0.15, 0.2) is 11.6 Å². The summed E-state index contributed by atoms with van der Waals surface area (Å²) in [5, 5.41) is 0. The summed E-state index contributed by atoms with van der Waals surface area (Å²) in [6, 6.07) is 17.5. The van der Waals surface area contributed by atoms with E-state index in [4.69, 9.17) is 4.74 Å². The van der Waals surface area contributed by atoms with Crippen molar-refractivity contribution in [1.82, 2.24) is 14.5 Å². The van der Waals surface area contributed by atoms with Gasteiger partial charge in [-0.05, 0) is 29.8 Å². The van der Waals surface area contributed by atoms with Crippen LogP contribution < -0.4 is 10.3 Å². The van der Waals surface area contributed by atoms with Crippen LogP contribution in [0.3, 0.4) is 0 Å². The van der Waals surface area contributed by atoms with Crippen LogP contribution in [0.4, 0.5) is 8.78 Å². The van der Waals surface area contributed by atoms with E-state index in [-0.39, 0.29) is 17.3 Å². The molecule has 0 saturated heterocycles. The molecular weight excluding hydrogens is 388 g/mol. The van der Waals surface area contributed by atoms with Crippen molar-refractivity contribution in [2.24, 2.45) is 7.05 Å². The number of nitrogens with zero attached hydrogens (tertiary/aromatic N) is 3. The Morgan fingerprint density at radius 2 is 1.77 bits per heavy atom. The Balaban J connectivity index is 1.76. The number of hydrogen-bond acceptors (Lipinski definition) is 4. The van der Waals surface area contributed by atoms with Gasteiger partial charge < -0.3 is 9.30 Å². The molecular formula is C23H17F2N3O2. The van der Waals surface area contributed by atoms with E-state index >= 15 is 0 Å². The van der Waals surface area contributed by atoms with Crippen molar-refractivity contribution < 1.29 is 13.5 Å². The van der Waals surface area contributed by atoms with Crippen LogP contribution in [-0.4, -0.2) is 14.5 Å². The van der Waals surface area contributed by atoms with Crippen LogP contribution in [-0.2, 0) is 13.5 Å². The summed E-state index contributed by atoms with van der Waals surface area (Å²) >= 11 is 0. The number of hydrogen-bond donors (Lipinski definition) is 0. The average Bonchev–Trinajstić information content (AvgIpc) is 2.73. The molecule has 0 aliphatic heterocycles. The summed E-state index contributed by atoms with van der Waals surface area (Å²) < 4.78 is 34.2. The monoisotopic (exact) mass is 405 g/mol. The molecule has 7 heteroatoms. The summed E-state index contributed by atoms with van der Waals surface area (Å²) in [5.41, 5.74) is 2.73. The summed E-state index contributed by atoms with van der Waals surface area (Å²) in [7, 11) is 1.64. The first-order valence-corrected chi connectivity index (χ1v) is 9.20. The highest BCUT2D eigenvalue weighted by molar-refractivity contribution is 5.58. The van der Waals surface area contributed by atoms with Crippen LogP contribution in [0, 0.1) is 11.6 Å². The molecule has 0 atom stereocenters. The first kappa shape index (κ1) is 19.4. The SMILES string of the molecule is Cn1cc(-c2cc(Cc3ccccc3)nc(Oc3ccc(F)cc3F)n2)ccc1=O. The number of aromatic nitrogens is 3. The van der Waals surface area contributed by atoms with Crippen LogP contribution in [0.1, 0.15) is 11.3 Å². The molecule has 0 fully saturated rings. The van der Waals surface area contributed by atoms with Gasteiger partial charge in [-0.2, -0.15) is 9.97 Å². The Labute approximate surface area is 171 Å². The maximum absolute atomic E-state index is 14.0. The number of benzene rings is 2. The van der Waals surface area contributed by atoms with Crippen molar-refractivity contribution in [3.05, 3.63) is 106 Å². The van der Waals surface area contributed by atoms with E-state index in [1.165, 1.54) is 16.7 Å². The van der Waals surface area contributed by atoms with Gasteiger partial charge in [-0.15, -0.1) is 0 Å². The molecule has 0 N–H and O–H groups in total. The Morgan fingerprint density at radius 1 is 0.967 bits per heavy atom. The molecule has 0 amide bonds. The number of halogens is 2. The first-order valence-electron chi connectivity index (χ1n) is 9.20. The molecule has 2 heterocycles. The van der Waals surface area contributed by atoms with Gasteiger partial charge in [0, 0.05) is 37.4 Å². The molecule has 0 unspecified atom stereocenters. The van der Waals surface area contributed by atoms with Crippen molar-refractivity contribution in [1.29, 1.82) is 0 Å². The second kappa shape index (κ2) is 8.24. The van der Waals surface area contributed by atoms with Crippen molar-refractivity contribution >= 4 is 0 Å². The summed E-state index contributed by atoms with van der Waals surface area (Å²) in [6.07, 6.45) is 2.16. The highest BCUT2D eigenvalue weighted by Crippen LogP contribution is 2.26. The van der Waals surface area contributed by atoms with Gasteiger partial charge in [-0.1, -0.05) is 30.3 Å². The lowest BCUT2D eigenvalue weighted by Crippen LogP contribution is -2.14. The van der Waals surface area contributed by atoms with Gasteiger partial charge in [-0.25, -0.2) is 8.78 Å². The van der Waals surface area contributed by atoms with Gasteiger partial charge in [0.2, 0.25) is 5.56 Å². The smallest absolute Gasteiger partial charge is 0.322 e. The molecule has 4 rings (SSSR count). The summed E-state index contributed by atoms with van der Waals surface area (Å²) in [6.45, 7) is 0. The minimum absolute atomic E-state index is 0.0715. The maximum atomic E-state index is 14.0. The molecule has 0 aliphatic rings. The van der Waals surface area contributed by atoms with Crippen molar-refractivity contribution in [3.63, 3.8) is 0 Å². The Morgan fingerprint density at radius 3 is 2.50 bits per heavy atom. The van der Waals surface area contributed by atoms with E-state index in [1.807, 2.05) is 30.3 Å². The average molecular weight is 405 g/mol. The molecule has 0 bridgehead atoms. The molecule has 0 saturated carbocycles. The highest BCUT2D eigenvalue weighted by atomic mass is 19.1. The Bertz CT molecular complexity index is 1260. The molecule has 5 nitrogen and oxygen atoms in total. The van der Waals surface area contributed by atoms with E-state index < -0.39 is 11.6 Å². The zero-order valence-electron chi connectivity index (χ0n) is 16.0. The largest absolute Gasteiger partial charge is 0.421 e. The van der Waals surface area contributed by atoms with Crippen LogP contribution in [0.5, 0.6) is 11.8 Å². The normalized spacial score (nSPS) is 10.8. The van der Waals surface area contributed by atoms with E-state index in [0.717, 1.165) is 17.7 Å². The highest BCUT2D eigenvalue weighted by Gasteiger charge is 2.13. The van der Waals surface area contributed by atoms with E-state index in [1.54, 1.807) is 25.4 Å². The van der Waals surface area contributed by atoms with Crippen molar-refractivity contribution in [2.75, 3.05) is 0 Å². The third-order valence-corrected chi connectivity index (χ3v) is 4.46. The summed E-state index contributed by atoms with van der Waals surface area (Å²) in [4.78, 5) is 20.5. The zero-order valence-corrected chi connectivity index (χ0v) is 16.0. The number of ether oxygens (including phenoxy) is 1. The van der Waals surface area contributed by atoms with Gasteiger partial charge in [0.05, 0.1) is 11.4 Å². The second-order valence-electron chi connectivity index (χ2n) is 6.73. The number of aryl methyl sites for hydroxylation is 1. The third-order valence-electron chi connectivity index (χ3n) is 4.46. The molecule has 4 aromatic rings. The predicted octanol–water partition coefficient (Wildman–Crippen LogP) is 4.50. The molecule has 0 aliphatic carbocycles. The second-order valence-corrected chi connectivity index (χ2v) is 6.73. The molecule has 0 radical (unpaired) electrons. The minimum Gasteiger partial charge on any atom is -0.421 e. The predicted molar refractivity (Wildman–Crippen MR) is 108 cm³/mol. The van der Waals surface area contributed by atoms with Gasteiger partial charge in [0.25, 0.3) is 0 Å². The van der Waals surface area contributed by atoms with E-state index in [0.29, 0.717) is 23.4 Å². The lowest BCUT2D eigenvalue weighted by molar-refractivity contribution is 0.407. The fourth-order valence-corrected chi connectivity index (χ4v) is 2.96. The maximum Gasteiger partial charge on any atom is 0.322 e. The first-order chi connectivity index (χ1) is 14.5. The van der Waals surface area contributed by atoms with Crippen LogP contribution in [0.15, 0.2) is 77.7 Å². The van der Waals surface area contributed by atoms with Crippen molar-refractivity contribution in [2.45, 2.75) is 6.42 Å². The van der Waals surface area contributed by atoms with Crippen LogP contribution >= 0.6 is 0 Å². The number of pyridine rings is 1. The van der Waals surface area contributed by atoms with Crippen LogP contribution in [0.2, 0.25) is 0 Å². The van der Waals surface area contributed by atoms with Gasteiger partial charge in [-0.3, -0.25) is 4.79 Å². The topological polar surface area (TPSA) is 57.0 Å². The molecule has 0 spiro atoms. The lowest BCUT2D eigenvalue weighted by Gasteiger charge is -2.10. The fraction of sp³-hybridized carbons (Fsp3) is 0.0870. The summed E-state index contributed by atoms with van der Waals surface area (Å²) in [5.74, 6) is -1.74. The van der Waals surface area contributed by atoms with Gasteiger partial charge >= 0.3 is 6.01 Å². The third kappa shape index (κ3) is 4.41. The van der Waals surface area contributed by atoms with Crippen LogP contribution in [0.25, 0.3) is 11.3 Å². The van der Waals surface area contributed by atoms with E-state index in [9.17, 15) is 13.6 Å². The Hall–Kier alpha value is -3.87. The standard InChI is InChI=1S/C23H17F2N3O2/c1-28-14-16(7-10-22(28)29)20-13-18(11-15-5-3-2-4-6-15)26-23(27-20)30-21-9-8-17(24)12-19(21)25/h2-10,12-14H,11H2,1H3. The number of rotatable bonds is 5. The molecule has 30 heavy (non-hydrogen) atoms. The van der Waals surface area contributed by atoms with Gasteiger partial charge in [0.1, 0.15) is 5.82 Å². The zero-order chi connectivity index (χ0) is 21.1. The van der Waals surface area contributed by atoms with Crippen molar-refractivity contribution in [3.8, 4) is 23.0 Å². The molecule has 150 valence electrons. The minimum atomic E-state index is -0.851. The molecule has 2 aromatic heterocycles. The van der Waals surface area contributed by atoms with E-state index in [2.05, 4.69) is 9.97 Å².